The highest BCUT2D eigenvalue weighted by molar-refractivity contribution is 5.79. The largest absolute Gasteiger partial charge is 0.361 e. The minimum absolute atomic E-state index is 0.298. The molecule has 0 spiro atoms. The van der Waals surface area contributed by atoms with Crippen molar-refractivity contribution in [2.24, 2.45) is 5.92 Å². The van der Waals surface area contributed by atoms with Crippen LogP contribution in [0.2, 0.25) is 0 Å². The highest BCUT2D eigenvalue weighted by Gasteiger charge is 2.31. The highest BCUT2D eigenvalue weighted by atomic mass is 16.5. The van der Waals surface area contributed by atoms with Crippen molar-refractivity contribution in [2.45, 2.75) is 32.2 Å². The van der Waals surface area contributed by atoms with Crippen LogP contribution in [-0.4, -0.2) is 22.5 Å². The number of carbonyl (C=O) groups excluding carboxylic acids is 1. The summed E-state index contributed by atoms with van der Waals surface area (Å²) in [6.07, 6.45) is 5.91. The van der Waals surface area contributed by atoms with Gasteiger partial charge in [-0.05, 0) is 12.8 Å². The van der Waals surface area contributed by atoms with Gasteiger partial charge in [0.25, 0.3) is 0 Å². The smallest absolute Gasteiger partial charge is 0.225 e. The summed E-state index contributed by atoms with van der Waals surface area (Å²) in [6, 6.07) is 0. The first-order valence-corrected chi connectivity index (χ1v) is 5.56. The maximum Gasteiger partial charge on any atom is 0.225 e. The fourth-order valence-corrected chi connectivity index (χ4v) is 2.24. The Bertz CT molecular complexity index is 382. The second-order valence-corrected chi connectivity index (χ2v) is 4.41. The summed E-state index contributed by atoms with van der Waals surface area (Å²) >= 11 is 0. The number of nitrogens with zero attached hydrogens (tertiary/aromatic N) is 2. The maximum absolute atomic E-state index is 12.0. The molecule has 1 aromatic rings. The molecule has 2 aliphatic rings. The summed E-state index contributed by atoms with van der Waals surface area (Å²) in [7, 11) is 0. The molecule has 1 aromatic heterocycles. The Hall–Kier alpha value is -1.32. The molecular formula is C11H14N2O2. The zero-order valence-corrected chi connectivity index (χ0v) is 8.61. The first-order chi connectivity index (χ1) is 7.34. The van der Waals surface area contributed by atoms with Gasteiger partial charge in [0.2, 0.25) is 5.91 Å². The van der Waals surface area contributed by atoms with E-state index in [4.69, 9.17) is 4.52 Å². The molecule has 0 bridgehead atoms. The third-order valence-corrected chi connectivity index (χ3v) is 3.47. The van der Waals surface area contributed by atoms with Gasteiger partial charge in [-0.3, -0.25) is 4.79 Å². The Labute approximate surface area is 88.2 Å². The van der Waals surface area contributed by atoms with E-state index in [2.05, 4.69) is 5.16 Å². The van der Waals surface area contributed by atoms with Gasteiger partial charge in [0.1, 0.15) is 5.76 Å². The van der Waals surface area contributed by atoms with Crippen molar-refractivity contribution in [3.05, 3.63) is 17.5 Å². The van der Waals surface area contributed by atoms with Gasteiger partial charge in [0.05, 0.1) is 12.7 Å². The first kappa shape index (κ1) is 8.95. The number of amides is 1. The molecule has 15 heavy (non-hydrogen) atoms. The molecule has 1 aliphatic carbocycles. The van der Waals surface area contributed by atoms with Crippen LogP contribution in [0, 0.1) is 5.92 Å². The van der Waals surface area contributed by atoms with Gasteiger partial charge in [-0.25, -0.2) is 0 Å². The molecule has 0 radical (unpaired) electrons. The number of fused-ring (bicyclic) bond motifs is 1. The summed E-state index contributed by atoms with van der Waals surface area (Å²) in [4.78, 5) is 13.9. The Balaban J connectivity index is 1.72. The average molecular weight is 206 g/mol. The molecule has 4 heteroatoms. The molecule has 1 fully saturated rings. The van der Waals surface area contributed by atoms with E-state index in [-0.39, 0.29) is 0 Å². The lowest BCUT2D eigenvalue weighted by Crippen LogP contribution is -2.41. The van der Waals surface area contributed by atoms with Crippen molar-refractivity contribution in [1.82, 2.24) is 10.1 Å². The van der Waals surface area contributed by atoms with Gasteiger partial charge < -0.3 is 9.42 Å². The lowest BCUT2D eigenvalue weighted by Gasteiger charge is -2.33. The molecule has 0 atom stereocenters. The van der Waals surface area contributed by atoms with Crippen molar-refractivity contribution in [3.63, 3.8) is 0 Å². The van der Waals surface area contributed by atoms with Crippen molar-refractivity contribution in [2.75, 3.05) is 6.54 Å². The second kappa shape index (κ2) is 3.36. The minimum atomic E-state index is 0.298. The Kier molecular flexibility index (Phi) is 2.01. The fourth-order valence-electron chi connectivity index (χ4n) is 2.24. The van der Waals surface area contributed by atoms with Crippen molar-refractivity contribution < 1.29 is 9.32 Å². The van der Waals surface area contributed by atoms with Crippen LogP contribution in [0.15, 0.2) is 10.7 Å². The Morgan fingerprint density at radius 2 is 2.40 bits per heavy atom. The molecule has 1 aliphatic heterocycles. The first-order valence-electron chi connectivity index (χ1n) is 5.56. The Morgan fingerprint density at radius 3 is 3.13 bits per heavy atom. The van der Waals surface area contributed by atoms with E-state index in [0.29, 0.717) is 18.4 Å². The molecule has 0 saturated heterocycles. The van der Waals surface area contributed by atoms with Crippen LogP contribution < -0.4 is 0 Å². The molecule has 3 rings (SSSR count). The second-order valence-electron chi connectivity index (χ2n) is 4.41. The number of rotatable bonds is 1. The quantitative estimate of drug-likeness (QED) is 0.697. The van der Waals surface area contributed by atoms with Gasteiger partial charge in [-0.2, -0.15) is 0 Å². The third kappa shape index (κ3) is 1.44. The van der Waals surface area contributed by atoms with Gasteiger partial charge in [-0.15, -0.1) is 0 Å². The molecule has 1 saturated carbocycles. The molecule has 0 unspecified atom stereocenters. The lowest BCUT2D eigenvalue weighted by molar-refractivity contribution is -0.139. The van der Waals surface area contributed by atoms with E-state index in [1.54, 1.807) is 6.20 Å². The van der Waals surface area contributed by atoms with Crippen LogP contribution in [0.25, 0.3) is 0 Å². The van der Waals surface area contributed by atoms with Crippen molar-refractivity contribution in [3.8, 4) is 0 Å². The summed E-state index contributed by atoms with van der Waals surface area (Å²) in [5, 5.41) is 3.76. The predicted molar refractivity (Wildman–Crippen MR) is 53.0 cm³/mol. The van der Waals surface area contributed by atoms with Crippen LogP contribution >= 0.6 is 0 Å². The third-order valence-electron chi connectivity index (χ3n) is 3.47. The Morgan fingerprint density at radius 1 is 1.53 bits per heavy atom. The molecular weight excluding hydrogens is 192 g/mol. The summed E-state index contributed by atoms with van der Waals surface area (Å²) in [5.74, 6) is 1.58. The molecule has 0 N–H and O–H groups in total. The van der Waals surface area contributed by atoms with Crippen LogP contribution in [0.3, 0.4) is 0 Å². The minimum Gasteiger partial charge on any atom is -0.361 e. The number of aromatic nitrogens is 1. The maximum atomic E-state index is 12.0. The monoisotopic (exact) mass is 206 g/mol. The molecule has 4 nitrogen and oxygen atoms in total. The average Bonchev–Trinajstić information content (AvgIpc) is 2.61. The van der Waals surface area contributed by atoms with E-state index in [1.165, 1.54) is 6.42 Å². The molecule has 80 valence electrons. The number of hydrogen-bond donors (Lipinski definition) is 0. The van der Waals surface area contributed by atoms with E-state index in [9.17, 15) is 4.79 Å². The lowest BCUT2D eigenvalue weighted by atomic mass is 9.84. The van der Waals surface area contributed by atoms with Crippen LogP contribution in [0.1, 0.15) is 30.6 Å². The van der Waals surface area contributed by atoms with Crippen molar-refractivity contribution in [1.29, 1.82) is 0 Å². The van der Waals surface area contributed by atoms with E-state index in [1.807, 2.05) is 4.90 Å². The molecule has 2 heterocycles. The van der Waals surface area contributed by atoms with Gasteiger partial charge in [-0.1, -0.05) is 11.6 Å². The number of carbonyl (C=O) groups is 1. The normalized spacial score (nSPS) is 20.9. The summed E-state index contributed by atoms with van der Waals surface area (Å²) < 4.78 is 5.10. The fraction of sp³-hybridized carbons (Fsp3) is 0.636. The van der Waals surface area contributed by atoms with Gasteiger partial charge in [0, 0.05) is 24.4 Å². The van der Waals surface area contributed by atoms with Gasteiger partial charge in [0.15, 0.2) is 0 Å². The highest BCUT2D eigenvalue weighted by Crippen LogP contribution is 2.30. The SMILES string of the molecule is O=C(C1CCC1)N1CCc2oncc2C1. The van der Waals surface area contributed by atoms with E-state index < -0.39 is 0 Å². The number of hydrogen-bond acceptors (Lipinski definition) is 3. The zero-order valence-electron chi connectivity index (χ0n) is 8.61. The van der Waals surface area contributed by atoms with Crippen LogP contribution in [0.5, 0.6) is 0 Å². The van der Waals surface area contributed by atoms with Gasteiger partial charge >= 0.3 is 0 Å². The van der Waals surface area contributed by atoms with Crippen LogP contribution in [0.4, 0.5) is 0 Å². The van der Waals surface area contributed by atoms with E-state index in [0.717, 1.165) is 37.1 Å². The van der Waals surface area contributed by atoms with E-state index >= 15 is 0 Å². The standard InChI is InChI=1S/C11H14N2O2/c14-11(8-2-1-3-8)13-5-4-10-9(7-13)6-12-15-10/h6,8H,1-5,7H2. The molecule has 0 aromatic carbocycles. The van der Waals surface area contributed by atoms with Crippen LogP contribution in [-0.2, 0) is 17.8 Å². The summed E-state index contributed by atoms with van der Waals surface area (Å²) in [6.45, 7) is 1.48. The predicted octanol–water partition coefficient (Wildman–Crippen LogP) is 1.36. The zero-order chi connectivity index (χ0) is 10.3. The summed E-state index contributed by atoms with van der Waals surface area (Å²) in [5.41, 5.74) is 1.08. The topological polar surface area (TPSA) is 46.3 Å². The molecule has 1 amide bonds. The van der Waals surface area contributed by atoms with Crippen molar-refractivity contribution >= 4 is 5.91 Å².